The molecule has 166 valence electrons. The number of hydrogen-bond acceptors (Lipinski definition) is 4. The van der Waals surface area contributed by atoms with Crippen molar-refractivity contribution in [2.24, 2.45) is 10.4 Å². The number of carbonyl (C=O) groups is 2. The van der Waals surface area contributed by atoms with Gasteiger partial charge in [-0.15, -0.1) is 0 Å². The number of nitrogens with zero attached hydrogens (tertiary/aromatic N) is 1. The van der Waals surface area contributed by atoms with E-state index in [9.17, 15) is 9.59 Å². The lowest BCUT2D eigenvalue weighted by atomic mass is 9.76. The Kier molecular flexibility index (Phi) is 8.79. The van der Waals surface area contributed by atoms with Crippen LogP contribution in [0.1, 0.15) is 44.7 Å². The van der Waals surface area contributed by atoms with Gasteiger partial charge in [0.15, 0.2) is 0 Å². The summed E-state index contributed by atoms with van der Waals surface area (Å²) in [6.45, 7) is 6.92. The van der Waals surface area contributed by atoms with E-state index in [4.69, 9.17) is 5.11 Å². The largest absolute Gasteiger partial charge is 0.480 e. The molecule has 1 aliphatic carbocycles. The third-order valence-electron chi connectivity index (χ3n) is 5.51. The van der Waals surface area contributed by atoms with E-state index in [0.717, 1.165) is 23.1 Å². The van der Waals surface area contributed by atoms with Crippen LogP contribution < -0.4 is 10.6 Å². The Labute approximate surface area is 184 Å². The maximum atomic E-state index is 11.6. The standard InChI is InChI=1S/C25H33N3O3/c1-18-13-21(11-12-25(18,2)3)22(15-26-4)16-27-14-20-7-5-19(6-8-20)9-10-23(29)28-17-24(30)31/h5-8,11,13,15-16,26H,9-10,12,14,17H2,1-4H3,(H,28,29)(H,30,31)/b22-15+,27-16-. The maximum absolute atomic E-state index is 11.6. The smallest absolute Gasteiger partial charge is 0.322 e. The minimum absolute atomic E-state index is 0.198. The summed E-state index contributed by atoms with van der Waals surface area (Å²) in [4.78, 5) is 26.7. The van der Waals surface area contributed by atoms with E-state index in [1.54, 1.807) is 0 Å². The predicted octanol–water partition coefficient (Wildman–Crippen LogP) is 3.80. The molecular formula is C25H33N3O3. The first-order valence-electron chi connectivity index (χ1n) is 10.5. The van der Waals surface area contributed by atoms with Gasteiger partial charge in [-0.1, -0.05) is 55.8 Å². The van der Waals surface area contributed by atoms with E-state index in [2.05, 4.69) is 48.5 Å². The van der Waals surface area contributed by atoms with E-state index in [1.165, 1.54) is 11.1 Å². The summed E-state index contributed by atoms with van der Waals surface area (Å²) in [6, 6.07) is 7.99. The van der Waals surface area contributed by atoms with Crippen LogP contribution in [0.25, 0.3) is 0 Å². The number of carboxylic acids is 1. The highest BCUT2D eigenvalue weighted by molar-refractivity contribution is 5.86. The lowest BCUT2D eigenvalue weighted by Crippen LogP contribution is -2.29. The highest BCUT2D eigenvalue weighted by Gasteiger charge is 2.22. The second kappa shape index (κ2) is 11.3. The zero-order valence-corrected chi connectivity index (χ0v) is 18.9. The SMILES string of the molecule is CN/C=C(\C=N/Cc1ccc(CCC(=O)NCC(=O)O)cc1)C1=CCC(C)(C)C(C)=C1. The van der Waals surface area contributed by atoms with Crippen molar-refractivity contribution in [1.82, 2.24) is 10.6 Å². The number of aryl methyl sites for hydroxylation is 1. The Hall–Kier alpha value is -3.15. The molecule has 0 heterocycles. The number of carbonyl (C=O) groups excluding carboxylic acids is 1. The molecule has 0 spiro atoms. The molecule has 2 rings (SSSR count). The van der Waals surface area contributed by atoms with Crippen LogP contribution in [0.4, 0.5) is 0 Å². The molecule has 1 amide bonds. The molecule has 6 nitrogen and oxygen atoms in total. The lowest BCUT2D eigenvalue weighted by Gasteiger charge is -2.29. The van der Waals surface area contributed by atoms with Crippen LogP contribution in [-0.2, 0) is 22.6 Å². The van der Waals surface area contributed by atoms with Crippen molar-refractivity contribution in [3.8, 4) is 0 Å². The van der Waals surface area contributed by atoms with Gasteiger partial charge in [0.25, 0.3) is 0 Å². The van der Waals surface area contributed by atoms with Crippen LogP contribution in [0.2, 0.25) is 0 Å². The van der Waals surface area contributed by atoms with Gasteiger partial charge in [0.1, 0.15) is 6.54 Å². The quantitative estimate of drug-likeness (QED) is 0.499. The average molecular weight is 424 g/mol. The Bertz CT molecular complexity index is 906. The molecule has 0 saturated heterocycles. The third kappa shape index (κ3) is 7.89. The summed E-state index contributed by atoms with van der Waals surface area (Å²) >= 11 is 0. The van der Waals surface area contributed by atoms with Gasteiger partial charge in [-0.2, -0.15) is 0 Å². The number of aliphatic imine (C=N–C) groups is 1. The molecule has 0 aromatic heterocycles. The number of carboxylic acid groups (broad SMARTS) is 1. The summed E-state index contributed by atoms with van der Waals surface area (Å²) in [5.74, 6) is -1.30. The van der Waals surface area contributed by atoms with Crippen LogP contribution in [0.5, 0.6) is 0 Å². The highest BCUT2D eigenvalue weighted by atomic mass is 16.4. The second-order valence-electron chi connectivity index (χ2n) is 8.42. The number of hydrogen-bond donors (Lipinski definition) is 3. The van der Waals surface area contributed by atoms with Crippen molar-refractivity contribution in [1.29, 1.82) is 0 Å². The van der Waals surface area contributed by atoms with Crippen LogP contribution >= 0.6 is 0 Å². The van der Waals surface area contributed by atoms with Gasteiger partial charge >= 0.3 is 5.97 Å². The van der Waals surface area contributed by atoms with Crippen molar-refractivity contribution in [2.75, 3.05) is 13.6 Å². The minimum Gasteiger partial charge on any atom is -0.480 e. The van der Waals surface area contributed by atoms with Crippen molar-refractivity contribution in [3.63, 3.8) is 0 Å². The van der Waals surface area contributed by atoms with Gasteiger partial charge in [0, 0.05) is 31.5 Å². The minimum atomic E-state index is -1.04. The molecule has 0 aliphatic heterocycles. The molecule has 0 radical (unpaired) electrons. The number of allylic oxidation sites excluding steroid dienone is 5. The summed E-state index contributed by atoms with van der Waals surface area (Å²) in [5.41, 5.74) is 5.93. The summed E-state index contributed by atoms with van der Waals surface area (Å²) in [6.07, 6.45) is 10.2. The number of nitrogens with one attached hydrogen (secondary N) is 2. The first-order chi connectivity index (χ1) is 14.7. The van der Waals surface area contributed by atoms with Gasteiger partial charge in [0.05, 0.1) is 6.54 Å². The fourth-order valence-corrected chi connectivity index (χ4v) is 3.15. The van der Waals surface area contributed by atoms with Gasteiger partial charge in [-0.05, 0) is 41.9 Å². The van der Waals surface area contributed by atoms with Crippen LogP contribution in [-0.4, -0.2) is 36.8 Å². The zero-order valence-electron chi connectivity index (χ0n) is 18.9. The zero-order chi connectivity index (χ0) is 22.9. The van der Waals surface area contributed by atoms with E-state index in [0.29, 0.717) is 13.0 Å². The first-order valence-corrected chi connectivity index (χ1v) is 10.5. The van der Waals surface area contributed by atoms with Crippen LogP contribution in [0.15, 0.2) is 64.3 Å². The Balaban J connectivity index is 1.91. The number of benzene rings is 1. The molecule has 3 N–H and O–H groups in total. The molecule has 0 unspecified atom stereocenters. The van der Waals surface area contributed by atoms with Crippen molar-refractivity contribution in [3.05, 3.63) is 70.5 Å². The lowest BCUT2D eigenvalue weighted by molar-refractivity contribution is -0.137. The van der Waals surface area contributed by atoms with E-state index in [-0.39, 0.29) is 24.3 Å². The Morgan fingerprint density at radius 2 is 1.87 bits per heavy atom. The third-order valence-corrected chi connectivity index (χ3v) is 5.51. The summed E-state index contributed by atoms with van der Waals surface area (Å²) in [7, 11) is 1.89. The van der Waals surface area contributed by atoms with Gasteiger partial charge in [0.2, 0.25) is 5.91 Å². The van der Waals surface area contributed by atoms with Gasteiger partial charge < -0.3 is 15.7 Å². The molecule has 0 saturated carbocycles. The molecule has 1 aliphatic rings. The maximum Gasteiger partial charge on any atom is 0.322 e. The molecule has 0 atom stereocenters. The van der Waals surface area contributed by atoms with Crippen molar-refractivity contribution >= 4 is 18.1 Å². The first kappa shape index (κ1) is 24.1. The molecule has 6 heteroatoms. The molecule has 0 fully saturated rings. The molecular weight excluding hydrogens is 390 g/mol. The van der Waals surface area contributed by atoms with Crippen molar-refractivity contribution in [2.45, 2.75) is 46.6 Å². The van der Waals surface area contributed by atoms with E-state index < -0.39 is 5.97 Å². The van der Waals surface area contributed by atoms with Gasteiger partial charge in [-0.3, -0.25) is 14.6 Å². The topological polar surface area (TPSA) is 90.8 Å². The summed E-state index contributed by atoms with van der Waals surface area (Å²) < 4.78 is 0. The fraction of sp³-hybridized carbons (Fsp3) is 0.400. The number of rotatable bonds is 10. The average Bonchev–Trinajstić information content (AvgIpc) is 2.73. The molecule has 31 heavy (non-hydrogen) atoms. The molecule has 0 bridgehead atoms. The second-order valence-corrected chi connectivity index (χ2v) is 8.42. The molecule has 1 aromatic carbocycles. The number of aliphatic carboxylic acids is 1. The van der Waals surface area contributed by atoms with Crippen LogP contribution in [0, 0.1) is 5.41 Å². The summed E-state index contributed by atoms with van der Waals surface area (Å²) in [5, 5.41) is 14.1. The number of amides is 1. The highest BCUT2D eigenvalue weighted by Crippen LogP contribution is 2.36. The molecule has 1 aromatic rings. The van der Waals surface area contributed by atoms with E-state index in [1.807, 2.05) is 43.7 Å². The van der Waals surface area contributed by atoms with Crippen LogP contribution in [0.3, 0.4) is 0 Å². The van der Waals surface area contributed by atoms with E-state index >= 15 is 0 Å². The monoisotopic (exact) mass is 423 g/mol. The Morgan fingerprint density at radius 3 is 2.48 bits per heavy atom. The van der Waals surface area contributed by atoms with Crippen molar-refractivity contribution < 1.29 is 14.7 Å². The van der Waals surface area contributed by atoms with Gasteiger partial charge in [-0.25, -0.2) is 0 Å². The Morgan fingerprint density at radius 1 is 1.19 bits per heavy atom. The normalized spacial score (nSPS) is 15.9. The fourth-order valence-electron chi connectivity index (χ4n) is 3.15. The predicted molar refractivity (Wildman–Crippen MR) is 125 cm³/mol.